The average molecular weight is 333 g/mol. The summed E-state index contributed by atoms with van der Waals surface area (Å²) in [7, 11) is -3.30. The first-order chi connectivity index (χ1) is 9.38. The Morgan fingerprint density at radius 3 is 2.48 bits per heavy atom. The van der Waals surface area contributed by atoms with E-state index in [4.69, 9.17) is 0 Å². The van der Waals surface area contributed by atoms with Gasteiger partial charge in [-0.05, 0) is 50.6 Å². The summed E-state index contributed by atoms with van der Waals surface area (Å²) in [6.45, 7) is 3.60. The van der Waals surface area contributed by atoms with E-state index in [1.165, 1.54) is 12.1 Å². The predicted octanol–water partition coefficient (Wildman–Crippen LogP) is 1.30. The molecular weight excluding hydrogens is 312 g/mol. The maximum Gasteiger partial charge on any atom is 0.251 e. The lowest BCUT2D eigenvalue weighted by Crippen LogP contribution is -2.42. The molecule has 21 heavy (non-hydrogen) atoms. The van der Waals surface area contributed by atoms with Crippen LogP contribution in [0.1, 0.15) is 28.8 Å². The summed E-state index contributed by atoms with van der Waals surface area (Å²) in [4.78, 5) is 12.5. The number of nitrogens with one attached hydrogen (secondary N) is 2. The largest absolute Gasteiger partial charge is 0.349 e. The molecule has 7 heteroatoms. The molecule has 0 radical (unpaired) electrons. The number of sulfone groups is 1. The number of benzene rings is 1. The van der Waals surface area contributed by atoms with Crippen molar-refractivity contribution in [2.24, 2.45) is 0 Å². The van der Waals surface area contributed by atoms with Crippen LogP contribution in [0, 0.1) is 6.92 Å². The van der Waals surface area contributed by atoms with Crippen LogP contribution >= 0.6 is 12.4 Å². The molecule has 0 bridgehead atoms. The van der Waals surface area contributed by atoms with Gasteiger partial charge in [-0.25, -0.2) is 8.42 Å². The zero-order chi connectivity index (χ0) is 14.8. The number of halogens is 1. The molecular formula is C14H21ClN2O3S. The minimum atomic E-state index is -3.30. The number of rotatable bonds is 3. The van der Waals surface area contributed by atoms with Gasteiger partial charge in [0.1, 0.15) is 0 Å². The molecule has 0 unspecified atom stereocenters. The lowest BCUT2D eigenvalue weighted by molar-refractivity contribution is 0.0928. The van der Waals surface area contributed by atoms with Crippen LogP contribution in [0.3, 0.4) is 0 Å². The third-order valence-electron chi connectivity index (χ3n) is 3.56. The van der Waals surface area contributed by atoms with E-state index in [1.807, 2.05) is 6.92 Å². The molecule has 1 fully saturated rings. The van der Waals surface area contributed by atoms with Crippen LogP contribution in [0.2, 0.25) is 0 Å². The van der Waals surface area contributed by atoms with E-state index < -0.39 is 9.84 Å². The third kappa shape index (κ3) is 4.69. The van der Waals surface area contributed by atoms with Crippen molar-refractivity contribution in [2.45, 2.75) is 30.7 Å². The summed E-state index contributed by atoms with van der Waals surface area (Å²) in [6, 6.07) is 4.82. The van der Waals surface area contributed by atoms with Crippen LogP contribution in [0.25, 0.3) is 0 Å². The second kappa shape index (κ2) is 7.24. The Balaban J connectivity index is 0.00000220. The molecule has 1 aromatic carbocycles. The second-order valence-electron chi connectivity index (χ2n) is 5.25. The van der Waals surface area contributed by atoms with Gasteiger partial charge >= 0.3 is 0 Å². The Bertz CT molecular complexity index is 611. The van der Waals surface area contributed by atoms with Crippen molar-refractivity contribution in [3.63, 3.8) is 0 Å². The van der Waals surface area contributed by atoms with Gasteiger partial charge in [0.15, 0.2) is 9.84 Å². The smallest absolute Gasteiger partial charge is 0.251 e. The lowest BCUT2D eigenvalue weighted by Gasteiger charge is -2.24. The zero-order valence-corrected chi connectivity index (χ0v) is 13.8. The Hall–Kier alpha value is -1.11. The first-order valence-electron chi connectivity index (χ1n) is 6.70. The van der Waals surface area contributed by atoms with E-state index in [2.05, 4.69) is 10.6 Å². The van der Waals surface area contributed by atoms with E-state index in [-0.39, 0.29) is 29.3 Å². The van der Waals surface area contributed by atoms with Gasteiger partial charge in [-0.2, -0.15) is 0 Å². The lowest BCUT2D eigenvalue weighted by atomic mass is 10.0. The van der Waals surface area contributed by atoms with Crippen molar-refractivity contribution >= 4 is 28.2 Å². The Morgan fingerprint density at radius 1 is 1.29 bits per heavy atom. The molecule has 2 N–H and O–H groups in total. The molecule has 1 saturated heterocycles. The van der Waals surface area contributed by atoms with Crippen molar-refractivity contribution in [3.8, 4) is 0 Å². The second-order valence-corrected chi connectivity index (χ2v) is 7.26. The van der Waals surface area contributed by atoms with Crippen LogP contribution < -0.4 is 10.6 Å². The molecule has 0 aliphatic carbocycles. The van der Waals surface area contributed by atoms with Gasteiger partial charge in [0.2, 0.25) is 0 Å². The Morgan fingerprint density at radius 2 is 1.90 bits per heavy atom. The summed E-state index contributed by atoms with van der Waals surface area (Å²) in [6.07, 6.45) is 2.94. The van der Waals surface area contributed by atoms with Crippen LogP contribution in [0.15, 0.2) is 23.1 Å². The number of piperidine rings is 1. The molecule has 1 amide bonds. The van der Waals surface area contributed by atoms with E-state index in [0.29, 0.717) is 5.56 Å². The maximum atomic E-state index is 12.3. The van der Waals surface area contributed by atoms with Crippen LogP contribution in [-0.4, -0.2) is 39.7 Å². The Labute approximate surface area is 131 Å². The highest BCUT2D eigenvalue weighted by atomic mass is 35.5. The quantitative estimate of drug-likeness (QED) is 0.875. The summed E-state index contributed by atoms with van der Waals surface area (Å²) in [5.74, 6) is -0.195. The van der Waals surface area contributed by atoms with Gasteiger partial charge in [-0.15, -0.1) is 12.4 Å². The van der Waals surface area contributed by atoms with Crippen molar-refractivity contribution in [2.75, 3.05) is 19.3 Å². The molecule has 118 valence electrons. The fourth-order valence-corrected chi connectivity index (χ4v) is 2.95. The Kier molecular flexibility index (Phi) is 6.19. The normalized spacial score (nSPS) is 16.1. The van der Waals surface area contributed by atoms with Gasteiger partial charge in [-0.3, -0.25) is 4.79 Å². The van der Waals surface area contributed by atoms with Crippen molar-refractivity contribution in [1.82, 2.24) is 10.6 Å². The molecule has 1 heterocycles. The highest BCUT2D eigenvalue weighted by Gasteiger charge is 2.19. The molecule has 1 aromatic rings. The number of carbonyl (C=O) groups is 1. The van der Waals surface area contributed by atoms with Crippen LogP contribution in [-0.2, 0) is 9.84 Å². The van der Waals surface area contributed by atoms with Crippen LogP contribution in [0.5, 0.6) is 0 Å². The molecule has 5 nitrogen and oxygen atoms in total. The predicted molar refractivity (Wildman–Crippen MR) is 84.9 cm³/mol. The van der Waals surface area contributed by atoms with Gasteiger partial charge in [0.25, 0.3) is 5.91 Å². The standard InChI is InChI=1S/C14H20N2O3S.ClH/c1-10-3-4-12(20(2,18)19)9-13(10)14(17)16-11-5-7-15-8-6-11;/h3-4,9,11,15H,5-8H2,1-2H3,(H,16,17);1H. The number of aryl methyl sites for hydroxylation is 1. The van der Waals surface area contributed by atoms with E-state index in [9.17, 15) is 13.2 Å². The first-order valence-corrected chi connectivity index (χ1v) is 8.59. The van der Waals surface area contributed by atoms with Gasteiger partial charge in [0, 0.05) is 17.9 Å². The summed E-state index contributed by atoms with van der Waals surface area (Å²) < 4.78 is 23.1. The molecule has 0 saturated carbocycles. The fraction of sp³-hybridized carbons (Fsp3) is 0.500. The number of carbonyl (C=O) groups excluding carboxylic acids is 1. The topological polar surface area (TPSA) is 75.3 Å². The van der Waals surface area contributed by atoms with E-state index in [0.717, 1.165) is 37.8 Å². The zero-order valence-electron chi connectivity index (χ0n) is 12.2. The average Bonchev–Trinajstić information content (AvgIpc) is 2.39. The highest BCUT2D eigenvalue weighted by molar-refractivity contribution is 7.90. The number of hydrogen-bond donors (Lipinski definition) is 2. The van der Waals surface area contributed by atoms with Crippen molar-refractivity contribution in [1.29, 1.82) is 0 Å². The van der Waals surface area contributed by atoms with Crippen LogP contribution in [0.4, 0.5) is 0 Å². The first kappa shape index (κ1) is 17.9. The minimum absolute atomic E-state index is 0. The minimum Gasteiger partial charge on any atom is -0.349 e. The summed E-state index contributed by atoms with van der Waals surface area (Å²) >= 11 is 0. The van der Waals surface area contributed by atoms with Crippen molar-refractivity contribution < 1.29 is 13.2 Å². The molecule has 0 atom stereocenters. The summed E-state index contributed by atoms with van der Waals surface area (Å²) in [5.41, 5.74) is 1.22. The molecule has 0 aromatic heterocycles. The van der Waals surface area contributed by atoms with Gasteiger partial charge < -0.3 is 10.6 Å². The third-order valence-corrected chi connectivity index (χ3v) is 4.67. The van der Waals surface area contributed by atoms with Gasteiger partial charge in [0.05, 0.1) is 4.90 Å². The monoisotopic (exact) mass is 332 g/mol. The van der Waals surface area contributed by atoms with E-state index >= 15 is 0 Å². The van der Waals surface area contributed by atoms with Gasteiger partial charge in [-0.1, -0.05) is 6.07 Å². The summed E-state index contributed by atoms with van der Waals surface area (Å²) in [5, 5.41) is 6.22. The maximum absolute atomic E-state index is 12.3. The molecule has 0 spiro atoms. The number of amides is 1. The molecule has 2 rings (SSSR count). The molecule has 1 aliphatic rings. The molecule has 1 aliphatic heterocycles. The number of hydrogen-bond acceptors (Lipinski definition) is 4. The SMILES string of the molecule is Cc1ccc(S(C)(=O)=O)cc1C(=O)NC1CCNCC1.Cl. The highest BCUT2D eigenvalue weighted by Crippen LogP contribution is 2.16. The van der Waals surface area contributed by atoms with Crippen molar-refractivity contribution in [3.05, 3.63) is 29.3 Å². The van der Waals surface area contributed by atoms with E-state index in [1.54, 1.807) is 6.07 Å². The fourth-order valence-electron chi connectivity index (χ4n) is 2.31.